The van der Waals surface area contributed by atoms with Gasteiger partial charge in [0.05, 0.1) is 18.8 Å². The maximum Gasteiger partial charge on any atom is 0.134 e. The molecule has 2 aromatic rings. The van der Waals surface area contributed by atoms with Crippen molar-refractivity contribution in [3.8, 4) is 0 Å². The van der Waals surface area contributed by atoms with Gasteiger partial charge in [0.25, 0.3) is 0 Å². The number of aliphatic hydroxyl groups is 2. The molecule has 3 rings (SSSR count). The van der Waals surface area contributed by atoms with E-state index < -0.39 is 6.10 Å². The fourth-order valence-electron chi connectivity index (χ4n) is 3.43. The summed E-state index contributed by atoms with van der Waals surface area (Å²) < 4.78 is 0. The standard InChI is InChI=1S/C21H30N4O2/c1-13(2)19(12-26)24-20-10-21(23-15(4)22-20)25-8-7-17-9-16(14(3)27)5-6-18(17)11-25/h5-6,9-10,13-14,19,26-27H,7-8,11-12H2,1-4H3,(H,22,23,24)/t14-,19-/m0/s1. The summed E-state index contributed by atoms with van der Waals surface area (Å²) in [6.07, 6.45) is 0.486. The highest BCUT2D eigenvalue weighted by atomic mass is 16.3. The van der Waals surface area contributed by atoms with Gasteiger partial charge >= 0.3 is 0 Å². The van der Waals surface area contributed by atoms with Crippen molar-refractivity contribution in [1.82, 2.24) is 9.97 Å². The van der Waals surface area contributed by atoms with E-state index in [0.29, 0.717) is 11.7 Å². The van der Waals surface area contributed by atoms with E-state index in [1.807, 2.05) is 19.1 Å². The Balaban J connectivity index is 1.81. The van der Waals surface area contributed by atoms with Crippen LogP contribution in [0.5, 0.6) is 0 Å². The number of hydrogen-bond donors (Lipinski definition) is 3. The number of aromatic nitrogens is 2. The van der Waals surface area contributed by atoms with Crippen LogP contribution in [0.1, 0.15) is 49.4 Å². The van der Waals surface area contributed by atoms with Gasteiger partial charge < -0.3 is 20.4 Å². The molecule has 0 spiro atoms. The van der Waals surface area contributed by atoms with Crippen molar-refractivity contribution in [1.29, 1.82) is 0 Å². The van der Waals surface area contributed by atoms with Crippen LogP contribution in [0.2, 0.25) is 0 Å². The van der Waals surface area contributed by atoms with E-state index in [9.17, 15) is 10.2 Å². The van der Waals surface area contributed by atoms with Crippen LogP contribution in [0.15, 0.2) is 24.3 Å². The highest BCUT2D eigenvalue weighted by Gasteiger charge is 2.20. The fourth-order valence-corrected chi connectivity index (χ4v) is 3.43. The van der Waals surface area contributed by atoms with Gasteiger partial charge in [-0.05, 0) is 42.9 Å². The third kappa shape index (κ3) is 4.57. The lowest BCUT2D eigenvalue weighted by molar-refractivity contribution is 0.199. The van der Waals surface area contributed by atoms with Crippen LogP contribution >= 0.6 is 0 Å². The average molecular weight is 370 g/mol. The second kappa shape index (κ2) is 8.23. The Morgan fingerprint density at radius 1 is 1.15 bits per heavy atom. The van der Waals surface area contributed by atoms with Crippen molar-refractivity contribution in [2.24, 2.45) is 5.92 Å². The Morgan fingerprint density at radius 2 is 1.93 bits per heavy atom. The largest absolute Gasteiger partial charge is 0.394 e. The fraction of sp³-hybridized carbons (Fsp3) is 0.524. The summed E-state index contributed by atoms with van der Waals surface area (Å²) in [6, 6.07) is 8.15. The molecule has 0 amide bonds. The molecule has 0 saturated heterocycles. The monoisotopic (exact) mass is 370 g/mol. The first kappa shape index (κ1) is 19.6. The van der Waals surface area contributed by atoms with Crippen LogP contribution in [-0.4, -0.2) is 39.4 Å². The van der Waals surface area contributed by atoms with Gasteiger partial charge in [-0.3, -0.25) is 0 Å². The lowest BCUT2D eigenvalue weighted by atomic mass is 9.96. The lowest BCUT2D eigenvalue weighted by Gasteiger charge is -2.31. The van der Waals surface area contributed by atoms with E-state index in [2.05, 4.69) is 46.2 Å². The second-order valence-corrected chi connectivity index (χ2v) is 7.71. The minimum Gasteiger partial charge on any atom is -0.394 e. The zero-order chi connectivity index (χ0) is 19.6. The first-order chi connectivity index (χ1) is 12.9. The first-order valence-corrected chi connectivity index (χ1v) is 9.65. The summed E-state index contributed by atoms with van der Waals surface area (Å²) in [6.45, 7) is 9.58. The van der Waals surface area contributed by atoms with Gasteiger partial charge in [0.2, 0.25) is 0 Å². The molecule has 1 aromatic carbocycles. The molecule has 1 aromatic heterocycles. The predicted molar refractivity (Wildman–Crippen MR) is 108 cm³/mol. The molecular formula is C21H30N4O2. The van der Waals surface area contributed by atoms with Crippen molar-refractivity contribution in [3.05, 3.63) is 46.8 Å². The van der Waals surface area contributed by atoms with Crippen LogP contribution in [0.4, 0.5) is 11.6 Å². The molecule has 0 saturated carbocycles. The van der Waals surface area contributed by atoms with E-state index in [0.717, 1.165) is 36.7 Å². The molecule has 6 nitrogen and oxygen atoms in total. The molecule has 0 unspecified atom stereocenters. The summed E-state index contributed by atoms with van der Waals surface area (Å²) in [5, 5.41) is 22.7. The minimum atomic E-state index is -0.438. The number of aryl methyl sites for hydroxylation is 1. The van der Waals surface area contributed by atoms with E-state index in [1.54, 1.807) is 6.92 Å². The summed E-state index contributed by atoms with van der Waals surface area (Å²) in [5.41, 5.74) is 3.54. The number of anilines is 2. The second-order valence-electron chi connectivity index (χ2n) is 7.71. The number of benzene rings is 1. The normalized spacial score (nSPS) is 16.2. The molecule has 146 valence electrons. The minimum absolute atomic E-state index is 0.0341. The van der Waals surface area contributed by atoms with E-state index in [-0.39, 0.29) is 12.6 Å². The third-order valence-corrected chi connectivity index (χ3v) is 5.21. The predicted octanol–water partition coefficient (Wildman–Crippen LogP) is 2.83. The molecule has 2 atom stereocenters. The van der Waals surface area contributed by atoms with E-state index in [1.165, 1.54) is 11.1 Å². The van der Waals surface area contributed by atoms with Gasteiger partial charge in [-0.15, -0.1) is 0 Å². The third-order valence-electron chi connectivity index (χ3n) is 5.21. The van der Waals surface area contributed by atoms with Crippen LogP contribution in [0, 0.1) is 12.8 Å². The highest BCUT2D eigenvalue weighted by Crippen LogP contribution is 2.27. The van der Waals surface area contributed by atoms with E-state index in [4.69, 9.17) is 0 Å². The molecule has 0 fully saturated rings. The molecule has 2 heterocycles. The summed E-state index contributed by atoms with van der Waals surface area (Å²) >= 11 is 0. The molecule has 27 heavy (non-hydrogen) atoms. The highest BCUT2D eigenvalue weighted by molar-refractivity contribution is 5.52. The lowest BCUT2D eigenvalue weighted by Crippen LogP contribution is -2.32. The quantitative estimate of drug-likeness (QED) is 0.725. The SMILES string of the molecule is Cc1nc(N[C@@H](CO)C(C)C)cc(N2CCc3cc([C@H](C)O)ccc3C2)n1. The van der Waals surface area contributed by atoms with Crippen molar-refractivity contribution < 1.29 is 10.2 Å². The molecule has 0 aliphatic carbocycles. The van der Waals surface area contributed by atoms with Crippen molar-refractivity contribution in [3.63, 3.8) is 0 Å². The smallest absolute Gasteiger partial charge is 0.134 e. The van der Waals surface area contributed by atoms with Gasteiger partial charge in [-0.1, -0.05) is 32.0 Å². The Hall–Kier alpha value is -2.18. The number of hydrogen-bond acceptors (Lipinski definition) is 6. The summed E-state index contributed by atoms with van der Waals surface area (Å²) in [5.74, 6) is 2.67. The number of nitrogens with one attached hydrogen (secondary N) is 1. The molecule has 1 aliphatic heterocycles. The summed E-state index contributed by atoms with van der Waals surface area (Å²) in [7, 11) is 0. The maximum absolute atomic E-state index is 9.80. The maximum atomic E-state index is 9.80. The molecule has 3 N–H and O–H groups in total. The van der Waals surface area contributed by atoms with Gasteiger partial charge in [-0.25, -0.2) is 9.97 Å². The Bertz CT molecular complexity index is 792. The van der Waals surface area contributed by atoms with Crippen LogP contribution < -0.4 is 10.2 Å². The van der Waals surface area contributed by atoms with Crippen molar-refractivity contribution >= 4 is 11.6 Å². The van der Waals surface area contributed by atoms with Crippen molar-refractivity contribution in [2.75, 3.05) is 23.4 Å². The van der Waals surface area contributed by atoms with Crippen LogP contribution in [0.25, 0.3) is 0 Å². The van der Waals surface area contributed by atoms with Gasteiger partial charge in [0.1, 0.15) is 17.5 Å². The number of aliphatic hydroxyl groups excluding tert-OH is 2. The number of rotatable bonds is 6. The van der Waals surface area contributed by atoms with E-state index >= 15 is 0 Å². The first-order valence-electron chi connectivity index (χ1n) is 9.65. The molecule has 0 bridgehead atoms. The van der Waals surface area contributed by atoms with Gasteiger partial charge in [-0.2, -0.15) is 0 Å². The number of fused-ring (bicyclic) bond motifs is 1. The molecule has 6 heteroatoms. The van der Waals surface area contributed by atoms with Gasteiger partial charge in [0, 0.05) is 19.2 Å². The van der Waals surface area contributed by atoms with Gasteiger partial charge in [0.15, 0.2) is 0 Å². The zero-order valence-corrected chi connectivity index (χ0v) is 16.6. The number of nitrogens with zero attached hydrogens (tertiary/aromatic N) is 3. The zero-order valence-electron chi connectivity index (χ0n) is 16.6. The average Bonchev–Trinajstić information content (AvgIpc) is 2.64. The molecule has 1 aliphatic rings. The van der Waals surface area contributed by atoms with Crippen LogP contribution in [-0.2, 0) is 13.0 Å². The Kier molecular flexibility index (Phi) is 5.97. The summed E-state index contributed by atoms with van der Waals surface area (Å²) in [4.78, 5) is 11.4. The topological polar surface area (TPSA) is 81.5 Å². The molecule has 0 radical (unpaired) electrons. The Labute approximate surface area is 161 Å². The molecular weight excluding hydrogens is 340 g/mol. The van der Waals surface area contributed by atoms with Crippen LogP contribution in [0.3, 0.4) is 0 Å². The Morgan fingerprint density at radius 3 is 2.59 bits per heavy atom. The van der Waals surface area contributed by atoms with Crippen molar-refractivity contribution in [2.45, 2.75) is 52.8 Å².